The van der Waals surface area contributed by atoms with E-state index in [4.69, 9.17) is 5.73 Å². The van der Waals surface area contributed by atoms with E-state index >= 15 is 0 Å². The summed E-state index contributed by atoms with van der Waals surface area (Å²) < 4.78 is 0. The highest BCUT2D eigenvalue weighted by Crippen LogP contribution is 2.63. The van der Waals surface area contributed by atoms with E-state index in [9.17, 15) is 10.2 Å². The Morgan fingerprint density at radius 1 is 1.27 bits per heavy atom. The second kappa shape index (κ2) is 4.48. The zero-order valence-electron chi connectivity index (χ0n) is 13.5. The number of aliphatic hydroxyl groups is 2. The summed E-state index contributed by atoms with van der Waals surface area (Å²) in [6, 6.07) is 0.0377. The third-order valence-corrected chi connectivity index (χ3v) is 7.27. The summed E-state index contributed by atoms with van der Waals surface area (Å²) in [6.07, 6.45) is 11.8. The quantitative estimate of drug-likeness (QED) is 0.602. The molecule has 4 rings (SSSR count). The summed E-state index contributed by atoms with van der Waals surface area (Å²) in [6.45, 7) is 4.52. The zero-order valence-corrected chi connectivity index (χ0v) is 13.5. The minimum atomic E-state index is -0.367. The molecule has 0 amide bonds. The molecule has 2 unspecified atom stereocenters. The first-order valence-electron chi connectivity index (χ1n) is 8.60. The van der Waals surface area contributed by atoms with Crippen LogP contribution >= 0.6 is 0 Å². The monoisotopic (exact) mass is 301 g/mol. The van der Waals surface area contributed by atoms with E-state index in [-0.39, 0.29) is 23.0 Å². The molecule has 0 aromatic rings. The zero-order chi connectivity index (χ0) is 15.7. The molecule has 4 aliphatic rings. The molecule has 3 nitrogen and oxygen atoms in total. The smallest absolute Gasteiger partial charge is 0.0944 e. The molecule has 1 fully saturated rings. The number of rotatable bonds is 0. The van der Waals surface area contributed by atoms with Gasteiger partial charge in [-0.25, -0.2) is 0 Å². The molecule has 0 aromatic carbocycles. The third-order valence-electron chi connectivity index (χ3n) is 7.27. The van der Waals surface area contributed by atoms with Gasteiger partial charge in [0.1, 0.15) is 0 Å². The van der Waals surface area contributed by atoms with Crippen molar-refractivity contribution in [2.45, 2.75) is 51.7 Å². The number of hydrogen-bond donors (Lipinski definition) is 3. The van der Waals surface area contributed by atoms with E-state index in [0.717, 1.165) is 25.7 Å². The maximum Gasteiger partial charge on any atom is 0.0944 e. The molecular formula is C19H27NO2. The van der Waals surface area contributed by atoms with Gasteiger partial charge in [0, 0.05) is 16.9 Å². The van der Waals surface area contributed by atoms with Gasteiger partial charge < -0.3 is 15.9 Å². The number of nitrogens with two attached hydrogens (primary N) is 1. The van der Waals surface area contributed by atoms with Gasteiger partial charge in [0.25, 0.3) is 0 Å². The molecule has 120 valence electrons. The Morgan fingerprint density at radius 2 is 2.05 bits per heavy atom. The number of hydrogen-bond acceptors (Lipinski definition) is 3. The predicted octanol–water partition coefficient (Wildman–Crippen LogP) is 3.08. The van der Waals surface area contributed by atoms with Gasteiger partial charge in [0.15, 0.2) is 0 Å². The van der Waals surface area contributed by atoms with Crippen LogP contribution < -0.4 is 5.73 Å². The van der Waals surface area contributed by atoms with Crippen LogP contribution in [-0.4, -0.2) is 22.4 Å². The van der Waals surface area contributed by atoms with Crippen molar-refractivity contribution in [3.8, 4) is 0 Å². The molecule has 7 atom stereocenters. The summed E-state index contributed by atoms with van der Waals surface area (Å²) in [7, 11) is 0. The fourth-order valence-corrected chi connectivity index (χ4v) is 5.87. The molecule has 4 aliphatic carbocycles. The average Bonchev–Trinajstić information content (AvgIpc) is 2.77. The first-order chi connectivity index (χ1) is 10.4. The van der Waals surface area contributed by atoms with Crippen LogP contribution in [0.3, 0.4) is 0 Å². The Kier molecular flexibility index (Phi) is 2.96. The lowest BCUT2D eigenvalue weighted by Gasteiger charge is -2.57. The van der Waals surface area contributed by atoms with E-state index in [2.05, 4.69) is 26.0 Å². The summed E-state index contributed by atoms with van der Waals surface area (Å²) in [5, 5.41) is 20.3. The third kappa shape index (κ3) is 1.70. The largest absolute Gasteiger partial charge is 0.512 e. The molecule has 4 N–H and O–H groups in total. The van der Waals surface area contributed by atoms with Crippen LogP contribution in [0, 0.1) is 28.6 Å². The van der Waals surface area contributed by atoms with Crippen LogP contribution in [0.4, 0.5) is 0 Å². The molecule has 0 saturated heterocycles. The van der Waals surface area contributed by atoms with Crippen LogP contribution in [0.25, 0.3) is 0 Å². The number of aliphatic hydroxyl groups excluding tert-OH is 2. The van der Waals surface area contributed by atoms with E-state index in [0.29, 0.717) is 23.5 Å². The maximum absolute atomic E-state index is 10.3. The van der Waals surface area contributed by atoms with Gasteiger partial charge in [-0.1, -0.05) is 37.6 Å². The van der Waals surface area contributed by atoms with Crippen LogP contribution in [0.1, 0.15) is 39.5 Å². The van der Waals surface area contributed by atoms with Gasteiger partial charge in [0.2, 0.25) is 0 Å². The first-order valence-corrected chi connectivity index (χ1v) is 8.60. The second-order valence-corrected chi connectivity index (χ2v) is 8.25. The SMILES string of the molecule is C[C@]12C=CC(O)CC1=CC(N)[C@@H]1[C@H]2CC[C@]2(C)C(O)=CC[C@@H]12. The molecule has 0 spiro atoms. The van der Waals surface area contributed by atoms with E-state index in [1.54, 1.807) is 0 Å². The normalized spacial score (nSPS) is 53.2. The molecule has 0 aromatic heterocycles. The molecule has 1 saturated carbocycles. The van der Waals surface area contributed by atoms with Crippen LogP contribution in [0.5, 0.6) is 0 Å². The standard InChI is InChI=1S/C19H27NO2/c1-18-7-5-12(21)9-11(18)10-15(20)17-13-3-4-16(22)19(13,2)8-6-14(17)18/h4-5,7,10,12-15,17,21-22H,3,6,8-9,20H2,1-2H3/t12?,13-,14+,15?,17-,18-,19-/m0/s1. The van der Waals surface area contributed by atoms with Crippen LogP contribution in [0.15, 0.2) is 35.6 Å². The Morgan fingerprint density at radius 3 is 2.82 bits per heavy atom. The predicted molar refractivity (Wildman–Crippen MR) is 87.1 cm³/mol. The maximum atomic E-state index is 10.3. The van der Waals surface area contributed by atoms with E-state index < -0.39 is 0 Å². The van der Waals surface area contributed by atoms with Gasteiger partial charge in [0.05, 0.1) is 11.9 Å². The van der Waals surface area contributed by atoms with Crippen molar-refractivity contribution < 1.29 is 10.2 Å². The van der Waals surface area contributed by atoms with Gasteiger partial charge in [-0.3, -0.25) is 0 Å². The van der Waals surface area contributed by atoms with Gasteiger partial charge >= 0.3 is 0 Å². The molecule has 22 heavy (non-hydrogen) atoms. The molecule has 0 aliphatic heterocycles. The van der Waals surface area contributed by atoms with Crippen molar-refractivity contribution in [1.29, 1.82) is 0 Å². The summed E-state index contributed by atoms with van der Waals surface area (Å²) in [4.78, 5) is 0. The Balaban J connectivity index is 1.77. The summed E-state index contributed by atoms with van der Waals surface area (Å²) >= 11 is 0. The van der Waals surface area contributed by atoms with E-state index in [1.165, 1.54) is 5.57 Å². The summed E-state index contributed by atoms with van der Waals surface area (Å²) in [5.41, 5.74) is 7.83. The van der Waals surface area contributed by atoms with Crippen molar-refractivity contribution in [2.24, 2.45) is 34.3 Å². The highest BCUT2D eigenvalue weighted by Gasteiger charge is 2.58. The second-order valence-electron chi connectivity index (χ2n) is 8.25. The lowest BCUT2D eigenvalue weighted by molar-refractivity contribution is -0.0184. The lowest BCUT2D eigenvalue weighted by atomic mass is 9.48. The number of allylic oxidation sites excluding steroid dienone is 3. The topological polar surface area (TPSA) is 66.5 Å². The fourth-order valence-electron chi connectivity index (χ4n) is 5.87. The van der Waals surface area contributed by atoms with Crippen molar-refractivity contribution in [1.82, 2.24) is 0 Å². The minimum absolute atomic E-state index is 0.0271. The Hall–Kier alpha value is -1.06. The highest BCUT2D eigenvalue weighted by molar-refractivity contribution is 5.36. The van der Waals surface area contributed by atoms with Gasteiger partial charge in [-0.15, -0.1) is 0 Å². The fraction of sp³-hybridized carbons (Fsp3) is 0.684. The molecule has 0 radical (unpaired) electrons. The Labute approximate surface area is 132 Å². The molecular weight excluding hydrogens is 274 g/mol. The van der Waals surface area contributed by atoms with Crippen molar-refractivity contribution in [3.05, 3.63) is 35.6 Å². The molecule has 3 heteroatoms. The van der Waals surface area contributed by atoms with Crippen molar-refractivity contribution in [2.75, 3.05) is 0 Å². The molecule has 0 heterocycles. The highest BCUT2D eigenvalue weighted by atomic mass is 16.3. The summed E-state index contributed by atoms with van der Waals surface area (Å²) in [5.74, 6) is 1.95. The first kappa shape index (κ1) is 14.5. The van der Waals surface area contributed by atoms with E-state index in [1.807, 2.05) is 12.2 Å². The van der Waals surface area contributed by atoms with Gasteiger partial charge in [-0.2, -0.15) is 0 Å². The van der Waals surface area contributed by atoms with Crippen molar-refractivity contribution >= 4 is 0 Å². The molecule has 0 bridgehead atoms. The average molecular weight is 301 g/mol. The lowest BCUT2D eigenvalue weighted by Crippen LogP contribution is -2.55. The minimum Gasteiger partial charge on any atom is -0.512 e. The Bertz CT molecular complexity index is 592. The van der Waals surface area contributed by atoms with Crippen molar-refractivity contribution in [3.63, 3.8) is 0 Å². The van der Waals surface area contributed by atoms with Crippen LogP contribution in [0.2, 0.25) is 0 Å². The number of fused-ring (bicyclic) bond motifs is 5. The van der Waals surface area contributed by atoms with Crippen LogP contribution in [-0.2, 0) is 0 Å². The van der Waals surface area contributed by atoms with Gasteiger partial charge in [-0.05, 0) is 49.5 Å².